The van der Waals surface area contributed by atoms with Crippen LogP contribution in [0.1, 0.15) is 23.3 Å². The van der Waals surface area contributed by atoms with Crippen molar-refractivity contribution in [3.8, 4) is 5.69 Å². The number of nitrogens with zero attached hydrogens (tertiary/aromatic N) is 3. The van der Waals surface area contributed by atoms with Crippen LogP contribution in [0.25, 0.3) is 5.69 Å². The summed E-state index contributed by atoms with van der Waals surface area (Å²) >= 11 is 6.05. The summed E-state index contributed by atoms with van der Waals surface area (Å²) in [5.41, 5.74) is 1.01. The fourth-order valence-electron chi connectivity index (χ4n) is 1.61. The molecule has 5 nitrogen and oxygen atoms in total. The van der Waals surface area contributed by atoms with Gasteiger partial charge in [0.1, 0.15) is 0 Å². The first-order valence-corrected chi connectivity index (χ1v) is 6.10. The molecule has 92 valence electrons. The number of hydrogen-bond donors (Lipinski definition) is 1. The molecule has 2 aromatic rings. The van der Waals surface area contributed by atoms with Gasteiger partial charge in [0.05, 0.1) is 16.9 Å². The van der Waals surface area contributed by atoms with E-state index in [9.17, 15) is 4.79 Å². The Morgan fingerprint density at radius 1 is 1.39 bits per heavy atom. The third kappa shape index (κ3) is 2.22. The van der Waals surface area contributed by atoms with Gasteiger partial charge in [0.15, 0.2) is 5.69 Å². The van der Waals surface area contributed by atoms with E-state index in [4.69, 9.17) is 11.6 Å². The first kappa shape index (κ1) is 11.2. The largest absolute Gasteiger partial charge is 0.348 e. The average molecular weight is 263 g/mol. The molecular formula is C12H11ClN4O. The van der Waals surface area contributed by atoms with Crippen molar-refractivity contribution in [3.05, 3.63) is 41.2 Å². The highest BCUT2D eigenvalue weighted by molar-refractivity contribution is 6.32. The number of carbonyl (C=O) groups excluding carboxylic acids is 1. The summed E-state index contributed by atoms with van der Waals surface area (Å²) in [6.07, 6.45) is 3.67. The molecule has 0 atom stereocenters. The molecular weight excluding hydrogens is 252 g/mol. The molecule has 3 rings (SSSR count). The maximum Gasteiger partial charge on any atom is 0.273 e. The molecule has 1 aromatic carbocycles. The summed E-state index contributed by atoms with van der Waals surface area (Å²) in [5, 5.41) is 11.2. The van der Waals surface area contributed by atoms with Gasteiger partial charge in [0.25, 0.3) is 5.91 Å². The number of halogens is 1. The smallest absolute Gasteiger partial charge is 0.273 e. The summed E-state index contributed by atoms with van der Waals surface area (Å²) in [7, 11) is 0. The molecule has 6 heteroatoms. The summed E-state index contributed by atoms with van der Waals surface area (Å²) in [5.74, 6) is -0.184. The van der Waals surface area contributed by atoms with E-state index in [-0.39, 0.29) is 5.91 Å². The summed E-state index contributed by atoms with van der Waals surface area (Å²) in [6, 6.07) is 7.58. The van der Waals surface area contributed by atoms with Crippen LogP contribution >= 0.6 is 11.6 Å². The number of para-hydroxylation sites is 1. The van der Waals surface area contributed by atoms with Crippen LogP contribution in [0.4, 0.5) is 0 Å². The number of hydrogen-bond acceptors (Lipinski definition) is 3. The molecule has 1 amide bonds. The standard InChI is InChI=1S/C12H11ClN4O/c13-9-3-1-2-4-11(9)17-7-10(15-16-17)12(18)14-8-5-6-8/h1-4,7-8H,5-6H2,(H,14,18). The lowest BCUT2D eigenvalue weighted by atomic mass is 10.3. The second kappa shape index (κ2) is 4.42. The van der Waals surface area contributed by atoms with Crippen molar-refractivity contribution in [2.45, 2.75) is 18.9 Å². The molecule has 1 heterocycles. The molecule has 0 radical (unpaired) electrons. The first-order chi connectivity index (χ1) is 8.74. The Bertz CT molecular complexity index is 591. The minimum absolute atomic E-state index is 0.184. The Kier molecular flexibility index (Phi) is 2.76. The lowest BCUT2D eigenvalue weighted by molar-refractivity contribution is 0.0946. The van der Waals surface area contributed by atoms with Crippen molar-refractivity contribution < 1.29 is 4.79 Å². The van der Waals surface area contributed by atoms with Crippen molar-refractivity contribution in [1.82, 2.24) is 20.3 Å². The molecule has 18 heavy (non-hydrogen) atoms. The van der Waals surface area contributed by atoms with Gasteiger partial charge in [-0.15, -0.1) is 5.10 Å². The van der Waals surface area contributed by atoms with E-state index < -0.39 is 0 Å². The Morgan fingerprint density at radius 2 is 2.17 bits per heavy atom. The van der Waals surface area contributed by atoms with E-state index in [1.807, 2.05) is 18.2 Å². The van der Waals surface area contributed by atoms with Crippen LogP contribution in [-0.4, -0.2) is 26.9 Å². The maximum atomic E-state index is 11.8. The van der Waals surface area contributed by atoms with E-state index in [1.54, 1.807) is 12.3 Å². The fourth-order valence-corrected chi connectivity index (χ4v) is 1.83. The summed E-state index contributed by atoms with van der Waals surface area (Å²) < 4.78 is 1.50. The SMILES string of the molecule is O=C(NC1CC1)c1cn(-c2ccccc2Cl)nn1. The molecule has 0 saturated heterocycles. The predicted molar refractivity (Wildman–Crippen MR) is 66.9 cm³/mol. The Hall–Kier alpha value is -1.88. The average Bonchev–Trinajstić information content (AvgIpc) is 3.04. The zero-order valence-corrected chi connectivity index (χ0v) is 10.3. The summed E-state index contributed by atoms with van der Waals surface area (Å²) in [6.45, 7) is 0. The highest BCUT2D eigenvalue weighted by Gasteiger charge is 2.25. The third-order valence-electron chi connectivity index (χ3n) is 2.74. The van der Waals surface area contributed by atoms with Gasteiger partial charge in [-0.1, -0.05) is 28.9 Å². The minimum atomic E-state index is -0.184. The zero-order valence-electron chi connectivity index (χ0n) is 9.51. The number of amides is 1. The second-order valence-electron chi connectivity index (χ2n) is 4.25. The third-order valence-corrected chi connectivity index (χ3v) is 3.06. The van der Waals surface area contributed by atoms with Gasteiger partial charge in [-0.25, -0.2) is 4.68 Å². The van der Waals surface area contributed by atoms with Gasteiger partial charge in [-0.05, 0) is 25.0 Å². The van der Waals surface area contributed by atoms with E-state index >= 15 is 0 Å². The Labute approximate surface area is 109 Å². The molecule has 0 unspecified atom stereocenters. The monoisotopic (exact) mass is 262 g/mol. The highest BCUT2D eigenvalue weighted by Crippen LogP contribution is 2.20. The van der Waals surface area contributed by atoms with Crippen molar-refractivity contribution in [2.24, 2.45) is 0 Å². The van der Waals surface area contributed by atoms with Crippen LogP contribution in [0.3, 0.4) is 0 Å². The Morgan fingerprint density at radius 3 is 2.89 bits per heavy atom. The maximum absolute atomic E-state index is 11.8. The van der Waals surface area contributed by atoms with Crippen LogP contribution < -0.4 is 5.32 Å². The van der Waals surface area contributed by atoms with Crippen molar-refractivity contribution >= 4 is 17.5 Å². The van der Waals surface area contributed by atoms with E-state index in [1.165, 1.54) is 4.68 Å². The van der Waals surface area contributed by atoms with Crippen molar-refractivity contribution in [3.63, 3.8) is 0 Å². The van der Waals surface area contributed by atoms with Crippen LogP contribution in [-0.2, 0) is 0 Å². The quantitative estimate of drug-likeness (QED) is 0.918. The number of benzene rings is 1. The number of nitrogens with one attached hydrogen (secondary N) is 1. The van der Waals surface area contributed by atoms with Gasteiger partial charge in [0, 0.05) is 6.04 Å². The molecule has 1 aliphatic rings. The molecule has 1 aromatic heterocycles. The molecule has 1 aliphatic carbocycles. The Balaban J connectivity index is 1.84. The van der Waals surface area contributed by atoms with Gasteiger partial charge in [-0.2, -0.15) is 0 Å². The van der Waals surface area contributed by atoms with Crippen LogP contribution in [0.5, 0.6) is 0 Å². The lowest BCUT2D eigenvalue weighted by Gasteiger charge is -2.01. The molecule has 0 aliphatic heterocycles. The number of rotatable bonds is 3. The molecule has 0 spiro atoms. The predicted octanol–water partition coefficient (Wildman–Crippen LogP) is 1.81. The fraction of sp³-hybridized carbons (Fsp3) is 0.250. The molecule has 1 fully saturated rings. The van der Waals surface area contributed by atoms with Gasteiger partial charge in [0.2, 0.25) is 0 Å². The normalized spacial score (nSPS) is 14.5. The molecule has 1 saturated carbocycles. The van der Waals surface area contributed by atoms with Gasteiger partial charge >= 0.3 is 0 Å². The zero-order chi connectivity index (χ0) is 12.5. The molecule has 1 N–H and O–H groups in total. The number of carbonyl (C=O) groups is 1. The summed E-state index contributed by atoms with van der Waals surface area (Å²) in [4.78, 5) is 11.8. The van der Waals surface area contributed by atoms with Gasteiger partial charge < -0.3 is 5.32 Å². The second-order valence-corrected chi connectivity index (χ2v) is 4.65. The highest BCUT2D eigenvalue weighted by atomic mass is 35.5. The van der Waals surface area contributed by atoms with Crippen molar-refractivity contribution in [1.29, 1.82) is 0 Å². The van der Waals surface area contributed by atoms with E-state index in [0.717, 1.165) is 12.8 Å². The van der Waals surface area contributed by atoms with Crippen LogP contribution in [0.2, 0.25) is 5.02 Å². The minimum Gasteiger partial charge on any atom is -0.348 e. The van der Waals surface area contributed by atoms with Crippen LogP contribution in [0.15, 0.2) is 30.5 Å². The van der Waals surface area contributed by atoms with Crippen molar-refractivity contribution in [2.75, 3.05) is 0 Å². The van der Waals surface area contributed by atoms with E-state index in [2.05, 4.69) is 15.6 Å². The lowest BCUT2D eigenvalue weighted by Crippen LogP contribution is -2.25. The van der Waals surface area contributed by atoms with Crippen LogP contribution in [0, 0.1) is 0 Å². The molecule has 0 bridgehead atoms. The first-order valence-electron chi connectivity index (χ1n) is 5.72. The van der Waals surface area contributed by atoms with Gasteiger partial charge in [-0.3, -0.25) is 4.79 Å². The van der Waals surface area contributed by atoms with E-state index in [0.29, 0.717) is 22.4 Å². The number of aromatic nitrogens is 3. The topological polar surface area (TPSA) is 59.8 Å².